The quantitative estimate of drug-likeness (QED) is 0.493. The molecule has 0 spiro atoms. The minimum atomic E-state index is -1.26. The maximum absolute atomic E-state index is 14.0. The molecule has 4 aromatic rings. The zero-order valence-corrected chi connectivity index (χ0v) is 16.5. The lowest BCUT2D eigenvalue weighted by Crippen LogP contribution is -2.17. The molecule has 0 aliphatic heterocycles. The van der Waals surface area contributed by atoms with Crippen molar-refractivity contribution in [2.24, 2.45) is 0 Å². The molecular weight excluding hydrogens is 425 g/mol. The molecule has 1 aliphatic rings. The number of aromatic nitrogens is 3. The van der Waals surface area contributed by atoms with E-state index in [2.05, 4.69) is 38.3 Å². The second kappa shape index (κ2) is 6.44. The molecule has 0 amide bonds. The number of ether oxygens (including phenoxy) is 1. The van der Waals surface area contributed by atoms with E-state index in [1.165, 1.54) is 0 Å². The van der Waals surface area contributed by atoms with Gasteiger partial charge < -0.3 is 9.30 Å². The minimum absolute atomic E-state index is 0.0430. The molecule has 0 bridgehead atoms. The van der Waals surface area contributed by atoms with Gasteiger partial charge >= 0.3 is 0 Å². The Morgan fingerprint density at radius 3 is 2.61 bits per heavy atom. The zero-order chi connectivity index (χ0) is 19.3. The second-order valence-electron chi connectivity index (χ2n) is 7.32. The van der Waals surface area contributed by atoms with E-state index in [9.17, 15) is 9.18 Å². The Morgan fingerprint density at radius 2 is 1.93 bits per heavy atom. The van der Waals surface area contributed by atoms with E-state index in [-0.39, 0.29) is 12.2 Å². The minimum Gasteiger partial charge on any atom is -0.489 e. The standard InChI is InChI=1S/C21H17BrFN3O2/c22-15-7-16-17(11-26-9-13-3-1-2-4-14(13)10-26)24-25-20(27)19(16)18(8-15)28-12-21(23)5-6-21/h1-4,7-10H,5-6,11-12H2,(H,25,27). The number of aromatic amines is 1. The van der Waals surface area contributed by atoms with Gasteiger partial charge in [-0.1, -0.05) is 40.2 Å². The van der Waals surface area contributed by atoms with Gasteiger partial charge in [0, 0.05) is 22.3 Å². The van der Waals surface area contributed by atoms with Crippen LogP contribution >= 0.6 is 15.9 Å². The van der Waals surface area contributed by atoms with E-state index in [0.29, 0.717) is 41.6 Å². The number of fused-ring (bicyclic) bond motifs is 2. The molecule has 0 atom stereocenters. The third-order valence-corrected chi connectivity index (χ3v) is 5.57. The molecule has 0 unspecified atom stereocenters. The number of hydrogen-bond acceptors (Lipinski definition) is 3. The van der Waals surface area contributed by atoms with Crippen molar-refractivity contribution >= 4 is 37.5 Å². The number of rotatable bonds is 5. The molecule has 2 heterocycles. The van der Waals surface area contributed by atoms with Gasteiger partial charge in [-0.15, -0.1) is 0 Å². The summed E-state index contributed by atoms with van der Waals surface area (Å²) in [5.74, 6) is 0.371. The summed E-state index contributed by atoms with van der Waals surface area (Å²) in [6.07, 6.45) is 5.10. The van der Waals surface area contributed by atoms with Crippen molar-refractivity contribution in [2.45, 2.75) is 25.1 Å². The van der Waals surface area contributed by atoms with Gasteiger partial charge in [-0.25, -0.2) is 9.49 Å². The van der Waals surface area contributed by atoms with E-state index in [1.54, 1.807) is 6.07 Å². The maximum Gasteiger partial charge on any atom is 0.275 e. The molecule has 142 valence electrons. The van der Waals surface area contributed by atoms with Crippen LogP contribution in [0.15, 0.2) is 58.1 Å². The van der Waals surface area contributed by atoms with E-state index in [0.717, 1.165) is 15.2 Å². The Kier molecular flexibility index (Phi) is 4.01. The molecule has 5 nitrogen and oxygen atoms in total. The van der Waals surface area contributed by atoms with Gasteiger partial charge in [0.05, 0.1) is 17.6 Å². The Bertz CT molecular complexity index is 1230. The van der Waals surface area contributed by atoms with Crippen LogP contribution in [0.4, 0.5) is 4.39 Å². The van der Waals surface area contributed by atoms with Gasteiger partial charge in [0.1, 0.15) is 18.0 Å². The fourth-order valence-electron chi connectivity index (χ4n) is 3.40. The third-order valence-electron chi connectivity index (χ3n) is 5.11. The molecule has 1 saturated carbocycles. The number of nitrogens with zero attached hydrogens (tertiary/aromatic N) is 2. The fourth-order valence-corrected chi connectivity index (χ4v) is 3.84. The molecule has 1 aliphatic carbocycles. The molecular formula is C21H17BrFN3O2. The van der Waals surface area contributed by atoms with Crippen LogP contribution in [0.5, 0.6) is 5.75 Å². The van der Waals surface area contributed by atoms with Crippen molar-refractivity contribution in [3.05, 3.63) is 69.3 Å². The maximum atomic E-state index is 14.0. The van der Waals surface area contributed by atoms with E-state index in [4.69, 9.17) is 4.74 Å². The van der Waals surface area contributed by atoms with Gasteiger partial charge in [0.15, 0.2) is 0 Å². The van der Waals surface area contributed by atoms with E-state index >= 15 is 0 Å². The Labute approximate surface area is 168 Å². The lowest BCUT2D eigenvalue weighted by Gasteiger charge is -2.13. The smallest absolute Gasteiger partial charge is 0.275 e. The average molecular weight is 442 g/mol. The van der Waals surface area contributed by atoms with Crippen molar-refractivity contribution in [1.29, 1.82) is 0 Å². The van der Waals surface area contributed by atoms with Gasteiger partial charge in [0.2, 0.25) is 0 Å². The number of benzene rings is 2. The number of H-pyrrole nitrogens is 1. The summed E-state index contributed by atoms with van der Waals surface area (Å²) in [4.78, 5) is 12.5. The van der Waals surface area contributed by atoms with E-state index in [1.807, 2.05) is 35.2 Å². The van der Waals surface area contributed by atoms with Crippen molar-refractivity contribution in [3.8, 4) is 5.75 Å². The van der Waals surface area contributed by atoms with Crippen LogP contribution in [-0.4, -0.2) is 27.0 Å². The topological polar surface area (TPSA) is 59.9 Å². The highest BCUT2D eigenvalue weighted by atomic mass is 79.9. The highest BCUT2D eigenvalue weighted by Crippen LogP contribution is 2.40. The predicted molar refractivity (Wildman–Crippen MR) is 110 cm³/mol. The average Bonchev–Trinajstić information content (AvgIpc) is 3.26. The molecule has 0 saturated heterocycles. The van der Waals surface area contributed by atoms with Crippen molar-refractivity contribution in [2.75, 3.05) is 6.61 Å². The Balaban J connectivity index is 1.58. The summed E-state index contributed by atoms with van der Waals surface area (Å²) in [6.45, 7) is 0.448. The van der Waals surface area contributed by atoms with Crippen LogP contribution in [0, 0.1) is 0 Å². The van der Waals surface area contributed by atoms with E-state index < -0.39 is 5.67 Å². The van der Waals surface area contributed by atoms with Crippen LogP contribution in [0.3, 0.4) is 0 Å². The lowest BCUT2D eigenvalue weighted by atomic mass is 10.1. The number of hydrogen-bond donors (Lipinski definition) is 1. The third kappa shape index (κ3) is 3.20. The predicted octanol–water partition coefficient (Wildman–Crippen LogP) is 4.57. The monoisotopic (exact) mass is 441 g/mol. The van der Waals surface area contributed by atoms with Crippen LogP contribution < -0.4 is 10.3 Å². The van der Waals surface area contributed by atoms with Crippen molar-refractivity contribution < 1.29 is 9.13 Å². The summed E-state index contributed by atoms with van der Waals surface area (Å²) >= 11 is 3.47. The molecule has 7 heteroatoms. The van der Waals surface area contributed by atoms with Gasteiger partial charge in [-0.05, 0) is 35.7 Å². The number of halogens is 2. The molecule has 2 aromatic carbocycles. The summed E-state index contributed by atoms with van der Waals surface area (Å²) in [5.41, 5.74) is -0.896. The highest BCUT2D eigenvalue weighted by molar-refractivity contribution is 9.10. The Hall–Kier alpha value is -2.67. The summed E-state index contributed by atoms with van der Waals surface area (Å²) in [7, 11) is 0. The SMILES string of the molecule is O=c1[nH]nc(Cn2cc3ccccc3c2)c2cc(Br)cc(OCC3(F)CC3)c12. The Morgan fingerprint density at radius 1 is 1.21 bits per heavy atom. The van der Waals surface area contributed by atoms with Crippen LogP contribution in [-0.2, 0) is 6.54 Å². The highest BCUT2D eigenvalue weighted by Gasteiger charge is 2.44. The van der Waals surface area contributed by atoms with Gasteiger partial charge in [0.25, 0.3) is 5.56 Å². The molecule has 0 radical (unpaired) electrons. The summed E-state index contributed by atoms with van der Waals surface area (Å²) < 4.78 is 22.5. The fraction of sp³-hybridized carbons (Fsp3) is 0.238. The molecule has 1 fully saturated rings. The normalized spacial score (nSPS) is 15.2. The first kappa shape index (κ1) is 17.4. The van der Waals surface area contributed by atoms with Crippen LogP contribution in [0.2, 0.25) is 0 Å². The second-order valence-corrected chi connectivity index (χ2v) is 8.24. The van der Waals surface area contributed by atoms with Crippen molar-refractivity contribution in [1.82, 2.24) is 14.8 Å². The van der Waals surface area contributed by atoms with Gasteiger partial charge in [-0.3, -0.25) is 4.79 Å². The first-order valence-electron chi connectivity index (χ1n) is 9.08. The molecule has 5 rings (SSSR count). The summed E-state index contributed by atoms with van der Waals surface area (Å²) in [6, 6.07) is 11.7. The first-order chi connectivity index (χ1) is 13.5. The van der Waals surface area contributed by atoms with Gasteiger partial charge in [-0.2, -0.15) is 5.10 Å². The lowest BCUT2D eigenvalue weighted by molar-refractivity contribution is 0.179. The molecule has 28 heavy (non-hydrogen) atoms. The number of nitrogens with one attached hydrogen (secondary N) is 1. The van der Waals surface area contributed by atoms with Crippen molar-refractivity contribution in [3.63, 3.8) is 0 Å². The summed E-state index contributed by atoms with van der Waals surface area (Å²) in [5, 5.41) is 10.2. The first-order valence-corrected chi connectivity index (χ1v) is 9.87. The zero-order valence-electron chi connectivity index (χ0n) is 14.9. The number of alkyl halides is 1. The largest absolute Gasteiger partial charge is 0.489 e. The van der Waals surface area contributed by atoms with Crippen LogP contribution in [0.1, 0.15) is 18.5 Å². The molecule has 2 aromatic heterocycles. The molecule has 1 N–H and O–H groups in total. The van der Waals surface area contributed by atoms with Crippen LogP contribution in [0.25, 0.3) is 21.5 Å².